The molecule has 0 aliphatic heterocycles. The van der Waals surface area contributed by atoms with Crippen LogP contribution < -0.4 is 11.1 Å². The minimum Gasteiger partial charge on any atom is -0.476 e. The van der Waals surface area contributed by atoms with Crippen molar-refractivity contribution in [3.8, 4) is 0 Å². The number of benzene rings is 2. The van der Waals surface area contributed by atoms with Crippen LogP contribution in [0.1, 0.15) is 38.3 Å². The second kappa shape index (κ2) is 11.1. The van der Waals surface area contributed by atoms with Crippen LogP contribution in [0.15, 0.2) is 67.4 Å². The molecule has 0 saturated carbocycles. The van der Waals surface area contributed by atoms with Crippen LogP contribution in [-0.2, 0) is 19.6 Å². The number of hydrogen-bond donors (Lipinski definition) is 3. The Morgan fingerprint density at radius 1 is 1.06 bits per heavy atom. The molecule has 172 valence electrons. The smallest absolute Gasteiger partial charge is 0.356 e. The van der Waals surface area contributed by atoms with E-state index < -0.39 is 5.97 Å². The van der Waals surface area contributed by atoms with Gasteiger partial charge in [0.1, 0.15) is 0 Å². The predicted molar refractivity (Wildman–Crippen MR) is 129 cm³/mol. The molecular formula is C25H30N6O2. The Morgan fingerprint density at radius 3 is 2.30 bits per heavy atom. The maximum absolute atomic E-state index is 10.8. The first-order chi connectivity index (χ1) is 15.8. The predicted octanol–water partition coefficient (Wildman–Crippen LogP) is 3.48. The molecule has 2 aromatic carbocycles. The topological polar surface area (TPSA) is 111 Å². The largest absolute Gasteiger partial charge is 0.476 e. The van der Waals surface area contributed by atoms with Gasteiger partial charge in [-0.1, -0.05) is 30.3 Å². The second-order valence-electron chi connectivity index (χ2n) is 7.98. The highest BCUT2D eigenvalue weighted by molar-refractivity contribution is 5.84. The first-order valence-electron chi connectivity index (χ1n) is 10.7. The van der Waals surface area contributed by atoms with Crippen molar-refractivity contribution >= 4 is 11.7 Å². The number of carbonyl (C=O) groups is 1. The van der Waals surface area contributed by atoms with E-state index in [1.54, 1.807) is 4.57 Å². The lowest BCUT2D eigenvalue weighted by atomic mass is 10.1. The molecule has 0 amide bonds. The third-order valence-corrected chi connectivity index (χ3v) is 5.08. The van der Waals surface area contributed by atoms with Crippen LogP contribution in [0.3, 0.4) is 0 Å². The van der Waals surface area contributed by atoms with E-state index in [0.29, 0.717) is 6.54 Å². The number of rotatable bonds is 7. The summed E-state index contributed by atoms with van der Waals surface area (Å²) < 4.78 is 3.66. The van der Waals surface area contributed by atoms with E-state index in [0.717, 1.165) is 29.9 Å². The molecule has 0 radical (unpaired) electrons. The SMILES string of the molecule is CNCc1ccc(N)cc1C.Cc1cnn(Cc2ccc(Cn3cnc(C(=O)O)c3)cc2)c1. The van der Waals surface area contributed by atoms with Crippen LogP contribution in [0.25, 0.3) is 0 Å². The second-order valence-corrected chi connectivity index (χ2v) is 7.98. The highest BCUT2D eigenvalue weighted by Crippen LogP contribution is 2.12. The van der Waals surface area contributed by atoms with Crippen molar-refractivity contribution in [2.75, 3.05) is 12.8 Å². The Hall–Kier alpha value is -3.91. The Morgan fingerprint density at radius 2 is 1.76 bits per heavy atom. The van der Waals surface area contributed by atoms with Crippen LogP contribution in [0.5, 0.6) is 0 Å². The van der Waals surface area contributed by atoms with Crippen LogP contribution in [0.4, 0.5) is 5.69 Å². The number of hydrogen-bond acceptors (Lipinski definition) is 5. The summed E-state index contributed by atoms with van der Waals surface area (Å²) in [7, 11) is 1.94. The fourth-order valence-corrected chi connectivity index (χ4v) is 3.37. The molecule has 4 N–H and O–H groups in total. The van der Waals surface area contributed by atoms with Gasteiger partial charge in [0.25, 0.3) is 0 Å². The molecule has 8 nitrogen and oxygen atoms in total. The molecule has 0 unspecified atom stereocenters. The Labute approximate surface area is 193 Å². The number of nitrogens with zero attached hydrogens (tertiary/aromatic N) is 4. The molecule has 0 atom stereocenters. The standard InChI is InChI=1S/C16H16N4O2.C9H14N2/c1-12-6-18-20(7-12)9-14-4-2-13(3-5-14)8-19-10-15(16(21)22)17-11-19;1-7-5-9(10)4-3-8(7)6-11-2/h2-7,10-11H,8-9H2,1H3,(H,21,22);3-5,11H,6,10H2,1-2H3. The molecular weight excluding hydrogens is 416 g/mol. The van der Waals surface area contributed by atoms with Gasteiger partial charge in [0.15, 0.2) is 5.69 Å². The number of imidazole rings is 1. The summed E-state index contributed by atoms with van der Waals surface area (Å²) in [5.41, 5.74) is 12.5. The number of nitrogens with two attached hydrogens (primary N) is 1. The van der Waals surface area contributed by atoms with Crippen molar-refractivity contribution in [2.24, 2.45) is 0 Å². The molecule has 0 aliphatic carbocycles. The number of carboxylic acids is 1. The molecule has 33 heavy (non-hydrogen) atoms. The van der Waals surface area contributed by atoms with Gasteiger partial charge in [-0.15, -0.1) is 0 Å². The lowest BCUT2D eigenvalue weighted by Gasteiger charge is -2.05. The Kier molecular flexibility index (Phi) is 7.99. The third-order valence-electron chi connectivity index (χ3n) is 5.08. The lowest BCUT2D eigenvalue weighted by molar-refractivity contribution is 0.0691. The number of anilines is 1. The van der Waals surface area contributed by atoms with Gasteiger partial charge in [-0.3, -0.25) is 4.68 Å². The van der Waals surface area contributed by atoms with E-state index in [1.807, 2.05) is 55.3 Å². The van der Waals surface area contributed by atoms with Crippen molar-refractivity contribution in [1.29, 1.82) is 0 Å². The number of nitrogens with one attached hydrogen (secondary N) is 1. The average molecular weight is 447 g/mol. The summed E-state index contributed by atoms with van der Waals surface area (Å²) in [6, 6.07) is 14.2. The monoisotopic (exact) mass is 446 g/mol. The van der Waals surface area contributed by atoms with Gasteiger partial charge in [-0.2, -0.15) is 5.10 Å². The zero-order valence-corrected chi connectivity index (χ0v) is 19.2. The quantitative estimate of drug-likeness (QED) is 0.375. The zero-order chi connectivity index (χ0) is 23.8. The molecule has 4 aromatic rings. The fraction of sp³-hybridized carbons (Fsp3) is 0.240. The van der Waals surface area contributed by atoms with E-state index in [-0.39, 0.29) is 5.69 Å². The summed E-state index contributed by atoms with van der Waals surface area (Å²) in [4.78, 5) is 14.6. The third kappa shape index (κ3) is 7.05. The Bertz CT molecular complexity index is 1190. The number of aryl methyl sites for hydroxylation is 2. The van der Waals surface area contributed by atoms with E-state index >= 15 is 0 Å². The van der Waals surface area contributed by atoms with Crippen molar-refractivity contribution in [3.63, 3.8) is 0 Å². The molecule has 2 aromatic heterocycles. The van der Waals surface area contributed by atoms with Gasteiger partial charge in [-0.05, 0) is 60.8 Å². The number of aromatic nitrogens is 4. The number of aromatic carboxylic acids is 1. The highest BCUT2D eigenvalue weighted by Gasteiger charge is 2.06. The van der Waals surface area contributed by atoms with Gasteiger partial charge in [0.2, 0.25) is 0 Å². The molecule has 0 bridgehead atoms. The molecule has 0 spiro atoms. The molecule has 8 heteroatoms. The minimum atomic E-state index is -1.01. The first kappa shape index (κ1) is 23.7. The van der Waals surface area contributed by atoms with Crippen molar-refractivity contribution in [2.45, 2.75) is 33.5 Å². The first-order valence-corrected chi connectivity index (χ1v) is 10.7. The van der Waals surface area contributed by atoms with Crippen LogP contribution >= 0.6 is 0 Å². The van der Waals surface area contributed by atoms with Crippen molar-refractivity contribution in [3.05, 3.63) is 101 Å². The summed E-state index contributed by atoms with van der Waals surface area (Å²) in [6.45, 7) is 6.34. The maximum Gasteiger partial charge on any atom is 0.356 e. The number of carboxylic acid groups (broad SMARTS) is 1. The summed E-state index contributed by atoms with van der Waals surface area (Å²) in [5.74, 6) is -1.01. The molecule has 0 fully saturated rings. The van der Waals surface area contributed by atoms with Crippen molar-refractivity contribution in [1.82, 2.24) is 24.6 Å². The zero-order valence-electron chi connectivity index (χ0n) is 19.2. The lowest BCUT2D eigenvalue weighted by Crippen LogP contribution is -2.06. The summed E-state index contributed by atoms with van der Waals surface area (Å²) >= 11 is 0. The highest BCUT2D eigenvalue weighted by atomic mass is 16.4. The molecule has 0 saturated heterocycles. The van der Waals surface area contributed by atoms with Gasteiger partial charge in [-0.25, -0.2) is 9.78 Å². The van der Waals surface area contributed by atoms with E-state index in [9.17, 15) is 4.79 Å². The van der Waals surface area contributed by atoms with Crippen LogP contribution in [-0.4, -0.2) is 37.5 Å². The Balaban J connectivity index is 0.000000235. The summed E-state index contributed by atoms with van der Waals surface area (Å²) in [6.07, 6.45) is 6.91. The van der Waals surface area contributed by atoms with E-state index in [2.05, 4.69) is 40.5 Å². The molecule has 4 rings (SSSR count). The average Bonchev–Trinajstić information content (AvgIpc) is 3.41. The van der Waals surface area contributed by atoms with Gasteiger partial charge in [0, 0.05) is 31.2 Å². The van der Waals surface area contributed by atoms with Crippen LogP contribution in [0, 0.1) is 13.8 Å². The van der Waals surface area contributed by atoms with E-state index in [4.69, 9.17) is 10.8 Å². The van der Waals surface area contributed by atoms with Gasteiger partial charge < -0.3 is 20.7 Å². The van der Waals surface area contributed by atoms with Gasteiger partial charge >= 0.3 is 5.97 Å². The fourth-order valence-electron chi connectivity index (χ4n) is 3.37. The van der Waals surface area contributed by atoms with E-state index in [1.165, 1.54) is 29.2 Å². The molecule has 2 heterocycles. The summed E-state index contributed by atoms with van der Waals surface area (Å²) in [5, 5.41) is 16.2. The van der Waals surface area contributed by atoms with Crippen molar-refractivity contribution < 1.29 is 9.90 Å². The minimum absolute atomic E-state index is 0.0608. The maximum atomic E-state index is 10.8. The number of nitrogen functional groups attached to an aromatic ring is 1. The van der Waals surface area contributed by atoms with Crippen LogP contribution in [0.2, 0.25) is 0 Å². The van der Waals surface area contributed by atoms with Gasteiger partial charge in [0.05, 0.1) is 19.1 Å². The molecule has 0 aliphatic rings. The normalized spacial score (nSPS) is 10.5.